The Hall–Kier alpha value is -0.640. The van der Waals surface area contributed by atoms with Gasteiger partial charge in [-0.15, -0.1) is 0 Å². The maximum absolute atomic E-state index is 13.2. The lowest BCUT2D eigenvalue weighted by Crippen LogP contribution is -2.41. The first-order valence-electron chi connectivity index (χ1n) is 6.35. The molecule has 0 aromatic heterocycles. The third-order valence-electron chi connectivity index (χ3n) is 3.05. The second-order valence-corrected chi connectivity index (χ2v) is 4.64. The van der Waals surface area contributed by atoms with E-state index in [1.807, 2.05) is 14.0 Å². The van der Waals surface area contributed by atoms with E-state index in [4.69, 9.17) is 16.3 Å². The molecule has 0 aliphatic rings. The van der Waals surface area contributed by atoms with Crippen molar-refractivity contribution in [2.45, 2.75) is 38.8 Å². The van der Waals surface area contributed by atoms with Crippen LogP contribution in [0.4, 0.5) is 4.39 Å². The van der Waals surface area contributed by atoms with E-state index in [0.717, 1.165) is 12.0 Å². The largest absolute Gasteiger partial charge is 0.377 e. The molecule has 0 heterocycles. The summed E-state index contributed by atoms with van der Waals surface area (Å²) in [6, 6.07) is 4.60. The van der Waals surface area contributed by atoms with Gasteiger partial charge >= 0.3 is 0 Å². The number of benzene rings is 1. The second kappa shape index (κ2) is 7.72. The van der Waals surface area contributed by atoms with E-state index >= 15 is 0 Å². The van der Waals surface area contributed by atoms with Crippen LogP contribution in [0.2, 0.25) is 5.02 Å². The van der Waals surface area contributed by atoms with Crippen molar-refractivity contribution < 1.29 is 9.13 Å². The van der Waals surface area contributed by atoms with E-state index in [1.54, 1.807) is 6.07 Å². The quantitative estimate of drug-likeness (QED) is 0.822. The highest BCUT2D eigenvalue weighted by atomic mass is 35.5. The number of ether oxygens (including phenoxy) is 1. The lowest BCUT2D eigenvalue weighted by Gasteiger charge is -2.26. The third kappa shape index (κ3) is 4.23. The minimum Gasteiger partial charge on any atom is -0.377 e. The van der Waals surface area contributed by atoms with Gasteiger partial charge < -0.3 is 10.1 Å². The summed E-state index contributed by atoms with van der Waals surface area (Å²) < 4.78 is 18.9. The third-order valence-corrected chi connectivity index (χ3v) is 3.42. The van der Waals surface area contributed by atoms with Gasteiger partial charge in [-0.25, -0.2) is 4.39 Å². The van der Waals surface area contributed by atoms with E-state index in [9.17, 15) is 4.39 Å². The number of hydrogen-bond acceptors (Lipinski definition) is 2. The zero-order valence-corrected chi connectivity index (χ0v) is 11.9. The number of hydrogen-bond donors (Lipinski definition) is 1. The molecule has 0 saturated carbocycles. The predicted octanol–water partition coefficient (Wildman–Crippen LogP) is 3.42. The standard InChI is InChI=1S/C14H21ClFNO/c1-4-14(18-5-2)13(17-3)9-10-8-11(16)6-7-12(10)15/h6-8,13-14,17H,4-5,9H2,1-3H3. The first-order valence-corrected chi connectivity index (χ1v) is 6.72. The van der Waals surface area contributed by atoms with Crippen molar-refractivity contribution in [1.82, 2.24) is 5.32 Å². The summed E-state index contributed by atoms with van der Waals surface area (Å²) in [5.74, 6) is -0.256. The summed E-state index contributed by atoms with van der Waals surface area (Å²) in [6.07, 6.45) is 1.68. The summed E-state index contributed by atoms with van der Waals surface area (Å²) in [5, 5.41) is 3.83. The normalized spacial score (nSPS) is 14.5. The number of nitrogens with one attached hydrogen (secondary N) is 1. The van der Waals surface area contributed by atoms with Crippen LogP contribution in [-0.4, -0.2) is 25.8 Å². The summed E-state index contributed by atoms with van der Waals surface area (Å²) in [6.45, 7) is 4.73. The van der Waals surface area contributed by atoms with Crippen molar-refractivity contribution in [2.24, 2.45) is 0 Å². The Morgan fingerprint density at radius 3 is 2.67 bits per heavy atom. The van der Waals surface area contributed by atoms with Crippen molar-refractivity contribution in [1.29, 1.82) is 0 Å². The van der Waals surface area contributed by atoms with Crippen LogP contribution in [0.5, 0.6) is 0 Å². The molecule has 18 heavy (non-hydrogen) atoms. The molecule has 2 nitrogen and oxygen atoms in total. The summed E-state index contributed by atoms with van der Waals surface area (Å²) in [7, 11) is 1.89. The Balaban J connectivity index is 2.81. The molecule has 0 aliphatic heterocycles. The Bertz CT molecular complexity index is 373. The Morgan fingerprint density at radius 1 is 1.39 bits per heavy atom. The molecular weight excluding hydrogens is 253 g/mol. The SMILES string of the molecule is CCOC(CC)C(Cc1cc(F)ccc1Cl)NC. The molecule has 0 fully saturated rings. The molecule has 0 radical (unpaired) electrons. The fourth-order valence-electron chi connectivity index (χ4n) is 2.09. The molecule has 2 unspecified atom stereocenters. The van der Waals surface area contributed by atoms with Gasteiger partial charge in [0.1, 0.15) is 5.82 Å². The molecule has 0 spiro atoms. The van der Waals surface area contributed by atoms with Crippen LogP contribution in [0.3, 0.4) is 0 Å². The molecule has 0 aliphatic carbocycles. The van der Waals surface area contributed by atoms with Gasteiger partial charge in [0.2, 0.25) is 0 Å². The van der Waals surface area contributed by atoms with Crippen molar-refractivity contribution in [3.05, 3.63) is 34.6 Å². The lowest BCUT2D eigenvalue weighted by atomic mass is 9.99. The van der Waals surface area contributed by atoms with Gasteiger partial charge in [0, 0.05) is 17.7 Å². The molecule has 0 bridgehead atoms. The summed E-state index contributed by atoms with van der Waals surface area (Å²) in [4.78, 5) is 0. The molecule has 4 heteroatoms. The van der Waals surface area contributed by atoms with Crippen LogP contribution < -0.4 is 5.32 Å². The van der Waals surface area contributed by atoms with E-state index in [1.165, 1.54) is 12.1 Å². The highest BCUT2D eigenvalue weighted by Gasteiger charge is 2.20. The molecule has 1 aromatic rings. The van der Waals surface area contributed by atoms with Crippen LogP contribution in [0.25, 0.3) is 0 Å². The maximum Gasteiger partial charge on any atom is 0.123 e. The van der Waals surface area contributed by atoms with Crippen LogP contribution in [0, 0.1) is 5.82 Å². The average Bonchev–Trinajstić information content (AvgIpc) is 2.37. The van der Waals surface area contributed by atoms with Gasteiger partial charge in [-0.1, -0.05) is 18.5 Å². The fourth-order valence-corrected chi connectivity index (χ4v) is 2.28. The van der Waals surface area contributed by atoms with Crippen LogP contribution in [0.15, 0.2) is 18.2 Å². The monoisotopic (exact) mass is 273 g/mol. The topological polar surface area (TPSA) is 21.3 Å². The number of rotatable bonds is 7. The highest BCUT2D eigenvalue weighted by molar-refractivity contribution is 6.31. The molecule has 0 saturated heterocycles. The molecule has 1 rings (SSSR count). The zero-order valence-electron chi connectivity index (χ0n) is 11.2. The number of likely N-dealkylation sites (N-methyl/N-ethyl adjacent to an activating group) is 1. The molecule has 1 N–H and O–H groups in total. The van der Waals surface area contributed by atoms with E-state index in [2.05, 4.69) is 12.2 Å². The van der Waals surface area contributed by atoms with Gasteiger partial charge in [-0.3, -0.25) is 0 Å². The Morgan fingerprint density at radius 2 is 2.11 bits per heavy atom. The van der Waals surface area contributed by atoms with Gasteiger partial charge in [-0.05, 0) is 50.6 Å². The van der Waals surface area contributed by atoms with Crippen LogP contribution in [0.1, 0.15) is 25.8 Å². The highest BCUT2D eigenvalue weighted by Crippen LogP contribution is 2.20. The fraction of sp³-hybridized carbons (Fsp3) is 0.571. The van der Waals surface area contributed by atoms with Gasteiger partial charge in [0.05, 0.1) is 6.10 Å². The Labute approximate surface area is 113 Å². The van der Waals surface area contributed by atoms with Gasteiger partial charge in [0.25, 0.3) is 0 Å². The first-order chi connectivity index (χ1) is 8.62. The van der Waals surface area contributed by atoms with Crippen molar-refractivity contribution >= 4 is 11.6 Å². The summed E-state index contributed by atoms with van der Waals surface area (Å²) >= 11 is 6.09. The minimum atomic E-state index is -0.256. The summed E-state index contributed by atoms with van der Waals surface area (Å²) in [5.41, 5.74) is 0.814. The number of halogens is 2. The Kier molecular flexibility index (Phi) is 6.61. The molecule has 0 amide bonds. The molecular formula is C14H21ClFNO. The van der Waals surface area contributed by atoms with E-state index in [-0.39, 0.29) is 18.0 Å². The van der Waals surface area contributed by atoms with Gasteiger partial charge in [-0.2, -0.15) is 0 Å². The molecule has 2 atom stereocenters. The van der Waals surface area contributed by atoms with E-state index in [0.29, 0.717) is 18.1 Å². The van der Waals surface area contributed by atoms with Crippen molar-refractivity contribution in [3.8, 4) is 0 Å². The smallest absolute Gasteiger partial charge is 0.123 e. The first kappa shape index (κ1) is 15.4. The van der Waals surface area contributed by atoms with Crippen LogP contribution in [-0.2, 0) is 11.2 Å². The van der Waals surface area contributed by atoms with Crippen molar-refractivity contribution in [2.75, 3.05) is 13.7 Å². The molecule has 1 aromatic carbocycles. The second-order valence-electron chi connectivity index (χ2n) is 4.24. The average molecular weight is 274 g/mol. The minimum absolute atomic E-state index is 0.110. The van der Waals surface area contributed by atoms with E-state index < -0.39 is 0 Å². The van der Waals surface area contributed by atoms with Crippen LogP contribution >= 0.6 is 11.6 Å². The zero-order chi connectivity index (χ0) is 13.5. The lowest BCUT2D eigenvalue weighted by molar-refractivity contribution is 0.0339. The van der Waals surface area contributed by atoms with Crippen molar-refractivity contribution in [3.63, 3.8) is 0 Å². The maximum atomic E-state index is 13.2. The van der Waals surface area contributed by atoms with Gasteiger partial charge in [0.15, 0.2) is 0 Å². The molecule has 102 valence electrons. The predicted molar refractivity (Wildman–Crippen MR) is 73.7 cm³/mol.